The van der Waals surface area contributed by atoms with Gasteiger partial charge in [-0.3, -0.25) is 4.79 Å². The van der Waals surface area contributed by atoms with E-state index in [1.165, 1.54) is 4.90 Å². The number of nitrogens with one attached hydrogen (secondary N) is 1. The Bertz CT molecular complexity index is 798. The summed E-state index contributed by atoms with van der Waals surface area (Å²) in [5, 5.41) is 3.58. The minimum atomic E-state index is -0.121. The summed E-state index contributed by atoms with van der Waals surface area (Å²) in [6.07, 6.45) is 3.63. The summed E-state index contributed by atoms with van der Waals surface area (Å²) < 4.78 is 5.27. The SMILES string of the molecule is COc1ccc([C@H]2Sc3ccccc3NC3=CCCC(=O)[C@@H]32)cc1. The number of methoxy groups -OCH3 is 1. The summed E-state index contributed by atoms with van der Waals surface area (Å²) >= 11 is 1.77. The van der Waals surface area contributed by atoms with Gasteiger partial charge < -0.3 is 10.1 Å². The number of benzene rings is 2. The molecule has 2 aromatic rings. The molecule has 0 spiro atoms. The molecule has 2 aliphatic rings. The zero-order valence-corrected chi connectivity index (χ0v) is 14.3. The molecule has 2 atom stereocenters. The van der Waals surface area contributed by atoms with E-state index in [1.54, 1.807) is 18.9 Å². The highest BCUT2D eigenvalue weighted by molar-refractivity contribution is 7.99. The Kier molecular flexibility index (Phi) is 4.07. The van der Waals surface area contributed by atoms with E-state index in [2.05, 4.69) is 35.7 Å². The predicted octanol–water partition coefficient (Wildman–Crippen LogP) is 4.82. The maximum absolute atomic E-state index is 12.7. The third-order valence-corrected chi connectivity index (χ3v) is 6.01. The van der Waals surface area contributed by atoms with Gasteiger partial charge in [0.25, 0.3) is 0 Å². The van der Waals surface area contributed by atoms with Crippen LogP contribution >= 0.6 is 11.8 Å². The van der Waals surface area contributed by atoms with E-state index in [4.69, 9.17) is 4.74 Å². The molecule has 4 rings (SSSR count). The quantitative estimate of drug-likeness (QED) is 0.853. The van der Waals surface area contributed by atoms with Gasteiger partial charge in [-0.05, 0) is 36.2 Å². The number of ketones is 1. The second-order valence-corrected chi connectivity index (χ2v) is 7.26. The summed E-state index contributed by atoms with van der Waals surface area (Å²) in [4.78, 5) is 13.9. The van der Waals surface area contributed by atoms with Gasteiger partial charge in [0.2, 0.25) is 0 Å². The van der Waals surface area contributed by atoms with Gasteiger partial charge in [-0.25, -0.2) is 0 Å². The molecule has 0 saturated heterocycles. The third-order valence-electron chi connectivity index (χ3n) is 4.60. The van der Waals surface area contributed by atoms with Crippen LogP contribution in [0.25, 0.3) is 0 Å². The molecule has 4 heteroatoms. The van der Waals surface area contributed by atoms with Crippen molar-refractivity contribution in [3.8, 4) is 5.75 Å². The van der Waals surface area contributed by atoms with Crippen molar-refractivity contribution in [2.75, 3.05) is 12.4 Å². The highest BCUT2D eigenvalue weighted by Crippen LogP contribution is 2.50. The van der Waals surface area contributed by atoms with Gasteiger partial charge in [0.15, 0.2) is 0 Å². The first-order valence-corrected chi connectivity index (χ1v) is 9.03. The largest absolute Gasteiger partial charge is 0.497 e. The zero-order valence-electron chi connectivity index (χ0n) is 13.5. The van der Waals surface area contributed by atoms with Crippen LogP contribution in [0.1, 0.15) is 23.7 Å². The number of rotatable bonds is 2. The summed E-state index contributed by atoms with van der Waals surface area (Å²) in [5.74, 6) is 1.03. The zero-order chi connectivity index (χ0) is 16.5. The van der Waals surface area contributed by atoms with E-state index in [0.717, 1.165) is 29.1 Å². The smallest absolute Gasteiger partial charge is 0.143 e. The summed E-state index contributed by atoms with van der Waals surface area (Å²) in [7, 11) is 1.67. The first-order chi connectivity index (χ1) is 11.8. The molecule has 1 N–H and O–H groups in total. The first kappa shape index (κ1) is 15.3. The van der Waals surface area contributed by atoms with Crippen molar-refractivity contribution in [3.63, 3.8) is 0 Å². The number of anilines is 1. The minimum absolute atomic E-state index is 0.0751. The van der Waals surface area contributed by atoms with Crippen molar-refractivity contribution < 1.29 is 9.53 Å². The lowest BCUT2D eigenvalue weighted by molar-refractivity contribution is -0.122. The molecule has 24 heavy (non-hydrogen) atoms. The Balaban J connectivity index is 1.80. The van der Waals surface area contributed by atoms with Crippen molar-refractivity contribution >= 4 is 23.2 Å². The molecule has 0 radical (unpaired) electrons. The second kappa shape index (κ2) is 6.36. The van der Waals surface area contributed by atoms with E-state index < -0.39 is 0 Å². The van der Waals surface area contributed by atoms with E-state index in [1.807, 2.05) is 24.3 Å². The van der Waals surface area contributed by atoms with Crippen LogP contribution < -0.4 is 10.1 Å². The summed E-state index contributed by atoms with van der Waals surface area (Å²) in [6, 6.07) is 16.4. The number of hydrogen-bond acceptors (Lipinski definition) is 4. The number of carbonyl (C=O) groups is 1. The molecule has 0 bridgehead atoms. The van der Waals surface area contributed by atoms with Crippen molar-refractivity contribution in [2.45, 2.75) is 23.0 Å². The Morgan fingerprint density at radius 2 is 1.92 bits per heavy atom. The van der Waals surface area contributed by atoms with E-state index in [0.29, 0.717) is 12.2 Å². The van der Waals surface area contributed by atoms with E-state index in [9.17, 15) is 4.79 Å². The van der Waals surface area contributed by atoms with Crippen molar-refractivity contribution in [2.24, 2.45) is 5.92 Å². The van der Waals surface area contributed by atoms with Crippen LogP contribution in [0.15, 0.2) is 65.2 Å². The molecule has 0 aromatic heterocycles. The van der Waals surface area contributed by atoms with Crippen LogP contribution in [0.3, 0.4) is 0 Å². The molecule has 0 amide bonds. The van der Waals surface area contributed by atoms with Crippen LogP contribution in [0.4, 0.5) is 5.69 Å². The van der Waals surface area contributed by atoms with Crippen molar-refractivity contribution in [3.05, 3.63) is 65.9 Å². The van der Waals surface area contributed by atoms with Gasteiger partial charge in [0, 0.05) is 22.3 Å². The molecule has 0 unspecified atom stereocenters. The van der Waals surface area contributed by atoms with Crippen LogP contribution in [-0.2, 0) is 4.79 Å². The highest BCUT2D eigenvalue weighted by Gasteiger charge is 2.37. The van der Waals surface area contributed by atoms with Crippen LogP contribution in [-0.4, -0.2) is 12.9 Å². The standard InChI is InChI=1S/C20H19NO2S/c1-23-14-11-9-13(10-12-14)20-19-16(6-4-7-17(19)22)21-15-5-2-3-8-18(15)24-20/h2-3,5-6,8-12,19-21H,4,7H2,1H3/t19-,20-/m1/s1. The Labute approximate surface area is 146 Å². The normalized spacial score (nSPS) is 22.5. The number of fused-ring (bicyclic) bond motifs is 2. The predicted molar refractivity (Wildman–Crippen MR) is 97.5 cm³/mol. The monoisotopic (exact) mass is 337 g/mol. The molecule has 1 aliphatic heterocycles. The third kappa shape index (κ3) is 2.71. The maximum Gasteiger partial charge on any atom is 0.143 e. The number of allylic oxidation sites excluding steroid dienone is 2. The summed E-state index contributed by atoms with van der Waals surface area (Å²) in [5.41, 5.74) is 3.29. The molecular weight excluding hydrogens is 318 g/mol. The van der Waals surface area contributed by atoms with Gasteiger partial charge in [-0.15, -0.1) is 11.8 Å². The fourth-order valence-electron chi connectivity index (χ4n) is 3.37. The van der Waals surface area contributed by atoms with Gasteiger partial charge >= 0.3 is 0 Å². The molecule has 1 aliphatic carbocycles. The van der Waals surface area contributed by atoms with Gasteiger partial charge in [-0.2, -0.15) is 0 Å². The highest BCUT2D eigenvalue weighted by atomic mass is 32.2. The number of thioether (sulfide) groups is 1. The minimum Gasteiger partial charge on any atom is -0.497 e. The Morgan fingerprint density at radius 3 is 2.71 bits per heavy atom. The lowest BCUT2D eigenvalue weighted by Gasteiger charge is -2.28. The molecular formula is C20H19NO2S. The Hall–Kier alpha value is -2.20. The number of ether oxygens (including phenoxy) is 1. The average Bonchev–Trinajstić information content (AvgIpc) is 2.79. The lowest BCUT2D eigenvalue weighted by Crippen LogP contribution is -2.27. The second-order valence-electron chi connectivity index (χ2n) is 6.07. The van der Waals surface area contributed by atoms with Crippen LogP contribution in [0.2, 0.25) is 0 Å². The molecule has 1 heterocycles. The number of carbonyl (C=O) groups excluding carboxylic acids is 1. The van der Waals surface area contributed by atoms with Crippen molar-refractivity contribution in [1.82, 2.24) is 0 Å². The van der Waals surface area contributed by atoms with Crippen LogP contribution in [0.5, 0.6) is 5.75 Å². The molecule has 2 aromatic carbocycles. The number of Topliss-reactive ketones (excluding diaryl/α,β-unsaturated/α-hetero) is 1. The van der Waals surface area contributed by atoms with Gasteiger partial charge in [0.1, 0.15) is 11.5 Å². The maximum atomic E-state index is 12.7. The van der Waals surface area contributed by atoms with Crippen molar-refractivity contribution in [1.29, 1.82) is 0 Å². The summed E-state index contributed by atoms with van der Waals surface area (Å²) in [6.45, 7) is 0. The first-order valence-electron chi connectivity index (χ1n) is 8.15. The lowest BCUT2D eigenvalue weighted by atomic mass is 9.85. The fourth-order valence-corrected chi connectivity index (χ4v) is 4.78. The number of hydrogen-bond donors (Lipinski definition) is 1. The average molecular weight is 337 g/mol. The Morgan fingerprint density at radius 1 is 1.12 bits per heavy atom. The number of para-hydroxylation sites is 1. The fraction of sp³-hybridized carbons (Fsp3) is 0.250. The topological polar surface area (TPSA) is 38.3 Å². The molecule has 0 fully saturated rings. The van der Waals surface area contributed by atoms with Crippen LogP contribution in [0, 0.1) is 5.92 Å². The van der Waals surface area contributed by atoms with E-state index in [-0.39, 0.29) is 11.2 Å². The molecule has 122 valence electrons. The molecule has 0 saturated carbocycles. The van der Waals surface area contributed by atoms with Gasteiger partial charge in [0.05, 0.1) is 18.7 Å². The van der Waals surface area contributed by atoms with E-state index >= 15 is 0 Å². The molecule has 3 nitrogen and oxygen atoms in total. The van der Waals surface area contributed by atoms with Gasteiger partial charge in [-0.1, -0.05) is 30.3 Å².